The number of ether oxygens (including phenoxy) is 1. The van der Waals surface area contributed by atoms with E-state index in [9.17, 15) is 9.59 Å². The molecule has 1 aliphatic heterocycles. The molecule has 2 rings (SSSR count). The molecule has 108 valence electrons. The number of carbonyl (C=O) groups is 2. The van der Waals surface area contributed by atoms with Crippen molar-refractivity contribution in [3.63, 3.8) is 0 Å². The molecule has 6 heteroatoms. The van der Waals surface area contributed by atoms with Gasteiger partial charge in [0, 0.05) is 18.5 Å². The summed E-state index contributed by atoms with van der Waals surface area (Å²) in [5.41, 5.74) is 5.85. The fourth-order valence-electron chi connectivity index (χ4n) is 2.92. The predicted octanol–water partition coefficient (Wildman–Crippen LogP) is 0.206. The summed E-state index contributed by atoms with van der Waals surface area (Å²) in [7, 11) is 0. The Hall–Kier alpha value is -1.14. The standard InChI is InChI=1S/C13H22N2O4/c14-10-3-1-9(2-4-10)13(18)15-5-6-19-8-11(15)7-12(16)17/h9-11H,1-8,14H2,(H,16,17). The van der Waals surface area contributed by atoms with E-state index >= 15 is 0 Å². The molecule has 1 aliphatic carbocycles. The zero-order chi connectivity index (χ0) is 13.8. The van der Waals surface area contributed by atoms with Crippen molar-refractivity contribution in [2.75, 3.05) is 19.8 Å². The average molecular weight is 270 g/mol. The van der Waals surface area contributed by atoms with E-state index in [4.69, 9.17) is 15.6 Å². The van der Waals surface area contributed by atoms with Gasteiger partial charge in [-0.25, -0.2) is 0 Å². The molecule has 1 heterocycles. The van der Waals surface area contributed by atoms with Crippen molar-refractivity contribution in [3.05, 3.63) is 0 Å². The molecule has 0 radical (unpaired) electrons. The molecule has 1 saturated heterocycles. The fraction of sp³-hybridized carbons (Fsp3) is 0.846. The van der Waals surface area contributed by atoms with Crippen molar-refractivity contribution in [1.29, 1.82) is 0 Å². The smallest absolute Gasteiger partial charge is 0.305 e. The second-order valence-electron chi connectivity index (χ2n) is 5.47. The van der Waals surface area contributed by atoms with Crippen LogP contribution in [0.2, 0.25) is 0 Å². The number of carboxylic acids is 1. The molecule has 0 aromatic rings. The number of nitrogens with zero attached hydrogens (tertiary/aromatic N) is 1. The molecule has 0 bridgehead atoms. The highest BCUT2D eigenvalue weighted by Gasteiger charge is 2.34. The van der Waals surface area contributed by atoms with E-state index in [2.05, 4.69) is 0 Å². The molecule has 2 fully saturated rings. The minimum absolute atomic E-state index is 0.00851. The Balaban J connectivity index is 1.96. The summed E-state index contributed by atoms with van der Waals surface area (Å²) in [6, 6.07) is -0.113. The molecule has 2 aliphatic rings. The van der Waals surface area contributed by atoms with Gasteiger partial charge in [-0.2, -0.15) is 0 Å². The zero-order valence-corrected chi connectivity index (χ0v) is 11.1. The first kappa shape index (κ1) is 14.3. The second kappa shape index (κ2) is 6.34. The molecule has 1 amide bonds. The lowest BCUT2D eigenvalue weighted by atomic mass is 9.85. The van der Waals surface area contributed by atoms with Crippen LogP contribution in [0.15, 0.2) is 0 Å². The van der Waals surface area contributed by atoms with E-state index in [1.807, 2.05) is 0 Å². The highest BCUT2D eigenvalue weighted by molar-refractivity contribution is 5.80. The molecule has 0 aromatic carbocycles. The molecule has 6 nitrogen and oxygen atoms in total. The number of amides is 1. The van der Waals surface area contributed by atoms with Gasteiger partial charge in [0.25, 0.3) is 0 Å². The Kier molecular flexibility index (Phi) is 4.76. The van der Waals surface area contributed by atoms with Crippen molar-refractivity contribution in [2.24, 2.45) is 11.7 Å². The quantitative estimate of drug-likeness (QED) is 0.764. The number of aliphatic carboxylic acids is 1. The minimum Gasteiger partial charge on any atom is -0.481 e. The van der Waals surface area contributed by atoms with Crippen LogP contribution < -0.4 is 5.73 Å². The van der Waals surface area contributed by atoms with Gasteiger partial charge in [-0.15, -0.1) is 0 Å². The number of rotatable bonds is 3. The lowest BCUT2D eigenvalue weighted by Crippen LogP contribution is -2.52. The van der Waals surface area contributed by atoms with Crippen molar-refractivity contribution in [1.82, 2.24) is 4.90 Å². The maximum Gasteiger partial charge on any atom is 0.305 e. The van der Waals surface area contributed by atoms with Gasteiger partial charge >= 0.3 is 5.97 Å². The lowest BCUT2D eigenvalue weighted by molar-refractivity contribution is -0.149. The van der Waals surface area contributed by atoms with Crippen LogP contribution in [0.5, 0.6) is 0 Å². The number of hydrogen-bond donors (Lipinski definition) is 2. The first-order chi connectivity index (χ1) is 9.08. The van der Waals surface area contributed by atoms with Crippen LogP contribution in [0.3, 0.4) is 0 Å². The van der Waals surface area contributed by atoms with E-state index in [1.54, 1.807) is 4.90 Å². The molecule has 1 atom stereocenters. The minimum atomic E-state index is -0.890. The highest BCUT2D eigenvalue weighted by Crippen LogP contribution is 2.26. The summed E-state index contributed by atoms with van der Waals surface area (Å²) in [5, 5.41) is 8.90. The Morgan fingerprint density at radius 2 is 1.95 bits per heavy atom. The topological polar surface area (TPSA) is 92.9 Å². The van der Waals surface area contributed by atoms with Gasteiger partial charge in [0.05, 0.1) is 25.7 Å². The van der Waals surface area contributed by atoms with E-state index < -0.39 is 5.97 Å². The van der Waals surface area contributed by atoms with Crippen molar-refractivity contribution < 1.29 is 19.4 Å². The van der Waals surface area contributed by atoms with Crippen LogP contribution in [0.4, 0.5) is 0 Å². The van der Waals surface area contributed by atoms with Gasteiger partial charge in [-0.1, -0.05) is 0 Å². The Labute approximate surface area is 112 Å². The number of hydrogen-bond acceptors (Lipinski definition) is 4. The van der Waals surface area contributed by atoms with Crippen molar-refractivity contribution in [2.45, 2.75) is 44.2 Å². The van der Waals surface area contributed by atoms with Crippen LogP contribution >= 0.6 is 0 Å². The largest absolute Gasteiger partial charge is 0.481 e. The van der Waals surface area contributed by atoms with Crippen LogP contribution in [0.25, 0.3) is 0 Å². The fourth-order valence-corrected chi connectivity index (χ4v) is 2.92. The first-order valence-corrected chi connectivity index (χ1v) is 6.93. The third kappa shape index (κ3) is 3.67. The van der Waals surface area contributed by atoms with E-state index in [0.717, 1.165) is 25.7 Å². The summed E-state index contributed by atoms with van der Waals surface area (Å²) in [6.45, 7) is 1.32. The van der Waals surface area contributed by atoms with Gasteiger partial charge in [0.1, 0.15) is 0 Å². The Morgan fingerprint density at radius 1 is 1.26 bits per heavy atom. The van der Waals surface area contributed by atoms with Gasteiger partial charge in [0.15, 0.2) is 0 Å². The van der Waals surface area contributed by atoms with E-state index in [-0.39, 0.29) is 30.3 Å². The first-order valence-electron chi connectivity index (χ1n) is 6.93. The van der Waals surface area contributed by atoms with Gasteiger partial charge in [0.2, 0.25) is 5.91 Å². The molecular weight excluding hydrogens is 248 g/mol. The van der Waals surface area contributed by atoms with Crippen LogP contribution in [-0.2, 0) is 14.3 Å². The number of morpholine rings is 1. The molecular formula is C13H22N2O4. The van der Waals surface area contributed by atoms with Crippen LogP contribution in [-0.4, -0.2) is 53.7 Å². The molecule has 1 saturated carbocycles. The summed E-state index contributed by atoms with van der Waals surface area (Å²) in [5.74, 6) is -0.797. The van der Waals surface area contributed by atoms with Crippen molar-refractivity contribution >= 4 is 11.9 Å². The molecule has 3 N–H and O–H groups in total. The maximum atomic E-state index is 12.5. The summed E-state index contributed by atoms with van der Waals surface area (Å²) in [4.78, 5) is 25.0. The number of carboxylic acid groups (broad SMARTS) is 1. The normalized spacial score (nSPS) is 32.1. The zero-order valence-electron chi connectivity index (χ0n) is 11.1. The predicted molar refractivity (Wildman–Crippen MR) is 68.5 cm³/mol. The SMILES string of the molecule is NC1CCC(C(=O)N2CCOCC2CC(=O)O)CC1. The maximum absolute atomic E-state index is 12.5. The molecule has 19 heavy (non-hydrogen) atoms. The van der Waals surface area contributed by atoms with Gasteiger partial charge in [-0.3, -0.25) is 9.59 Å². The van der Waals surface area contributed by atoms with Gasteiger partial charge < -0.3 is 20.5 Å². The monoisotopic (exact) mass is 270 g/mol. The third-order valence-electron chi connectivity index (χ3n) is 4.04. The second-order valence-corrected chi connectivity index (χ2v) is 5.47. The third-order valence-corrected chi connectivity index (χ3v) is 4.04. The number of carbonyl (C=O) groups excluding carboxylic acids is 1. The molecule has 0 aromatic heterocycles. The summed E-state index contributed by atoms with van der Waals surface area (Å²) < 4.78 is 5.29. The molecule has 1 unspecified atom stereocenters. The van der Waals surface area contributed by atoms with E-state index in [1.165, 1.54) is 0 Å². The Bertz CT molecular complexity index is 340. The van der Waals surface area contributed by atoms with Crippen molar-refractivity contribution in [3.8, 4) is 0 Å². The average Bonchev–Trinajstić information content (AvgIpc) is 2.39. The summed E-state index contributed by atoms with van der Waals surface area (Å²) >= 11 is 0. The molecule has 0 spiro atoms. The van der Waals surface area contributed by atoms with E-state index in [0.29, 0.717) is 19.8 Å². The lowest BCUT2D eigenvalue weighted by Gasteiger charge is -2.38. The highest BCUT2D eigenvalue weighted by atomic mass is 16.5. The van der Waals surface area contributed by atoms with Crippen LogP contribution in [0, 0.1) is 5.92 Å². The van der Waals surface area contributed by atoms with Crippen LogP contribution in [0.1, 0.15) is 32.1 Å². The van der Waals surface area contributed by atoms with Gasteiger partial charge in [-0.05, 0) is 25.7 Å². The number of nitrogens with two attached hydrogens (primary N) is 1. The summed E-state index contributed by atoms with van der Waals surface area (Å²) in [6.07, 6.45) is 3.35. The Morgan fingerprint density at radius 3 is 2.58 bits per heavy atom.